The third kappa shape index (κ3) is 5.67. The first-order valence-corrected chi connectivity index (χ1v) is 10.6. The highest BCUT2D eigenvalue weighted by atomic mass is 35.5. The maximum absolute atomic E-state index is 13.1. The van der Waals surface area contributed by atoms with Crippen LogP contribution in [0.1, 0.15) is 12.8 Å². The minimum absolute atomic E-state index is 0.127. The van der Waals surface area contributed by atoms with Gasteiger partial charge in [-0.05, 0) is 18.9 Å². The average Bonchev–Trinajstić information content (AvgIpc) is 2.80. The molecule has 2 aliphatic rings. The van der Waals surface area contributed by atoms with Crippen molar-refractivity contribution in [2.45, 2.75) is 30.6 Å². The number of alkyl halides is 1. The molecule has 3 heterocycles. The van der Waals surface area contributed by atoms with Gasteiger partial charge in [0.1, 0.15) is 5.92 Å². The zero-order valence-corrected chi connectivity index (χ0v) is 18.0. The van der Waals surface area contributed by atoms with E-state index in [4.69, 9.17) is 22.1 Å². The van der Waals surface area contributed by atoms with Crippen LogP contribution in [-0.2, 0) is 14.3 Å². The molecule has 0 aromatic carbocycles. The van der Waals surface area contributed by atoms with Crippen molar-refractivity contribution in [3.8, 4) is 0 Å². The number of carbonyl (C=O) groups excluding carboxylic acids is 2. The number of nitroso groups, excluding NO2 is 1. The monoisotopic (exact) mass is 453 g/mol. The molecule has 5 N–H and O–H groups in total. The van der Waals surface area contributed by atoms with Gasteiger partial charge in [0.2, 0.25) is 5.91 Å². The quantitative estimate of drug-likeness (QED) is 0.258. The second-order valence-corrected chi connectivity index (χ2v) is 8.30. The number of pyridine rings is 1. The molecule has 2 atom stereocenters. The van der Waals surface area contributed by atoms with Crippen LogP contribution in [-0.4, -0.2) is 67.9 Å². The van der Waals surface area contributed by atoms with Crippen molar-refractivity contribution >= 4 is 34.9 Å². The van der Waals surface area contributed by atoms with Crippen molar-refractivity contribution in [2.75, 3.05) is 43.5 Å². The largest absolute Gasteiger partial charge is 0.469 e. The maximum Gasteiger partial charge on any atom is 0.308 e. The number of nitrogens with one attached hydrogen (secondary N) is 3. The molecule has 0 aliphatic carbocycles. The van der Waals surface area contributed by atoms with Gasteiger partial charge < -0.3 is 20.7 Å². The smallest absolute Gasteiger partial charge is 0.308 e. The molecule has 1 aromatic heterocycles. The Morgan fingerprint density at radius 2 is 2.03 bits per heavy atom. The molecule has 2 saturated heterocycles. The Labute approximate surface area is 185 Å². The van der Waals surface area contributed by atoms with Crippen molar-refractivity contribution in [2.24, 2.45) is 22.7 Å². The molecule has 0 saturated carbocycles. The molecule has 1 amide bonds. The van der Waals surface area contributed by atoms with Crippen molar-refractivity contribution in [1.29, 1.82) is 0 Å². The Bertz CT molecular complexity index is 782. The summed E-state index contributed by atoms with van der Waals surface area (Å²) in [6.45, 7) is 2.21. The fourth-order valence-corrected chi connectivity index (χ4v) is 4.15. The third-order valence-electron chi connectivity index (χ3n) is 5.70. The molecule has 0 radical (unpaired) electrons. The average molecular weight is 454 g/mol. The van der Waals surface area contributed by atoms with Crippen molar-refractivity contribution in [1.82, 2.24) is 15.6 Å². The Morgan fingerprint density at radius 3 is 2.65 bits per heavy atom. The Kier molecular flexibility index (Phi) is 8.13. The van der Waals surface area contributed by atoms with Crippen LogP contribution in [0.25, 0.3) is 0 Å². The van der Waals surface area contributed by atoms with Crippen LogP contribution in [0.4, 0.5) is 11.4 Å². The highest BCUT2D eigenvalue weighted by Crippen LogP contribution is 2.30. The van der Waals surface area contributed by atoms with Gasteiger partial charge in [0, 0.05) is 32.4 Å². The fourth-order valence-electron chi connectivity index (χ4n) is 3.98. The lowest BCUT2D eigenvalue weighted by Crippen LogP contribution is -2.62. The van der Waals surface area contributed by atoms with Gasteiger partial charge in [-0.25, -0.2) is 0 Å². The van der Waals surface area contributed by atoms with Gasteiger partial charge in [-0.1, -0.05) is 5.18 Å². The van der Waals surface area contributed by atoms with E-state index < -0.39 is 24.2 Å². The topological polar surface area (TPSA) is 151 Å². The molecule has 0 spiro atoms. The van der Waals surface area contributed by atoms with E-state index in [1.54, 1.807) is 18.5 Å². The van der Waals surface area contributed by atoms with Gasteiger partial charge in [0.05, 0.1) is 42.1 Å². The second-order valence-electron chi connectivity index (χ2n) is 7.68. The predicted molar refractivity (Wildman–Crippen MR) is 117 cm³/mol. The number of esters is 1. The summed E-state index contributed by atoms with van der Waals surface area (Å²) >= 11 is 6.07. The number of carbonyl (C=O) groups is 2. The number of nitrogens with two attached hydrogens (primary N) is 1. The van der Waals surface area contributed by atoms with Gasteiger partial charge in [0.15, 0.2) is 6.17 Å². The molecule has 11 nitrogen and oxygen atoms in total. The predicted octanol–water partition coefficient (Wildman–Crippen LogP) is 0.203. The lowest BCUT2D eigenvalue weighted by molar-refractivity contribution is -0.146. The summed E-state index contributed by atoms with van der Waals surface area (Å²) in [5.41, 5.74) is 7.13. The minimum Gasteiger partial charge on any atom is -0.469 e. The Hall–Kier alpha value is -2.34. The van der Waals surface area contributed by atoms with Gasteiger partial charge in [0.25, 0.3) is 0 Å². The molecule has 3 rings (SSSR count). The third-order valence-corrected chi connectivity index (χ3v) is 6.00. The first-order chi connectivity index (χ1) is 14.9. The van der Waals surface area contributed by atoms with Crippen molar-refractivity contribution in [3.05, 3.63) is 23.4 Å². The van der Waals surface area contributed by atoms with Crippen LogP contribution in [0.2, 0.25) is 0 Å². The number of anilines is 2. The van der Waals surface area contributed by atoms with Crippen LogP contribution >= 0.6 is 11.6 Å². The molecular weight excluding hydrogens is 426 g/mol. The summed E-state index contributed by atoms with van der Waals surface area (Å²) in [6.07, 6.45) is 2.71. The van der Waals surface area contributed by atoms with Gasteiger partial charge >= 0.3 is 5.97 Å². The molecule has 170 valence electrons. The van der Waals surface area contributed by atoms with E-state index in [9.17, 15) is 14.5 Å². The molecule has 31 heavy (non-hydrogen) atoms. The van der Waals surface area contributed by atoms with E-state index in [2.05, 4.69) is 31.0 Å². The van der Waals surface area contributed by atoms with Crippen LogP contribution in [0.15, 0.2) is 23.6 Å². The number of halogens is 1. The molecule has 1 aromatic rings. The summed E-state index contributed by atoms with van der Waals surface area (Å²) in [5.74, 6) is -1.73. The SMILES string of the molecule is COC(=O)C1CCN(c2ccncc2NC(=O)C(C(N)N=O)C2NCC(Cl)CN2)CC1. The van der Waals surface area contributed by atoms with Crippen LogP contribution in [0, 0.1) is 16.7 Å². The van der Waals surface area contributed by atoms with E-state index in [1.807, 2.05) is 0 Å². The number of aromatic nitrogens is 1. The zero-order valence-electron chi connectivity index (χ0n) is 17.3. The second kappa shape index (κ2) is 10.8. The Balaban J connectivity index is 1.72. The van der Waals surface area contributed by atoms with E-state index in [1.165, 1.54) is 7.11 Å². The number of piperidine rings is 1. The van der Waals surface area contributed by atoms with Gasteiger partial charge in [-0.3, -0.25) is 25.2 Å². The number of rotatable bonds is 7. The normalized spacial score (nSPS) is 24.2. The molecular formula is C19H28ClN7O4. The van der Waals surface area contributed by atoms with Crippen LogP contribution in [0.5, 0.6) is 0 Å². The standard InChI is InChI=1S/C19H28ClN7O4/c1-31-19(29)11-3-6-27(7-4-11)14-2-5-22-10-13(14)25-18(28)15(16(21)26-30)17-23-8-12(20)9-24-17/h2,5,10-12,15-17,23-24H,3-4,6-9,21H2,1H3,(H,25,28). The fraction of sp³-hybridized carbons (Fsp3) is 0.632. The number of ether oxygens (including phenoxy) is 1. The number of hydrogen-bond donors (Lipinski definition) is 4. The highest BCUT2D eigenvalue weighted by molar-refractivity contribution is 6.21. The van der Waals surface area contributed by atoms with Gasteiger partial charge in [-0.15, -0.1) is 16.5 Å². The summed E-state index contributed by atoms with van der Waals surface area (Å²) in [6, 6.07) is 1.80. The lowest BCUT2D eigenvalue weighted by Gasteiger charge is -2.35. The van der Waals surface area contributed by atoms with Crippen molar-refractivity contribution in [3.63, 3.8) is 0 Å². The van der Waals surface area contributed by atoms with Crippen LogP contribution < -0.4 is 26.6 Å². The number of amides is 1. The molecule has 12 heteroatoms. The van der Waals surface area contributed by atoms with E-state index >= 15 is 0 Å². The van der Waals surface area contributed by atoms with E-state index in [-0.39, 0.29) is 17.3 Å². The zero-order chi connectivity index (χ0) is 22.4. The van der Waals surface area contributed by atoms with Gasteiger partial charge in [-0.2, -0.15) is 0 Å². The Morgan fingerprint density at radius 1 is 1.35 bits per heavy atom. The van der Waals surface area contributed by atoms with Crippen molar-refractivity contribution < 1.29 is 14.3 Å². The first-order valence-electron chi connectivity index (χ1n) is 10.2. The maximum atomic E-state index is 13.1. The molecule has 0 bridgehead atoms. The highest BCUT2D eigenvalue weighted by Gasteiger charge is 2.37. The molecule has 2 unspecified atom stereocenters. The summed E-state index contributed by atoms with van der Waals surface area (Å²) in [4.78, 5) is 42.2. The minimum atomic E-state index is -1.24. The number of nitrogens with zero attached hydrogens (tertiary/aromatic N) is 3. The summed E-state index contributed by atoms with van der Waals surface area (Å²) in [5, 5.41) is 11.8. The van der Waals surface area contributed by atoms with Crippen LogP contribution in [0.3, 0.4) is 0 Å². The lowest BCUT2D eigenvalue weighted by atomic mass is 9.96. The number of methoxy groups -OCH3 is 1. The number of hydrogen-bond acceptors (Lipinski definition) is 10. The van der Waals surface area contributed by atoms with E-state index in [0.29, 0.717) is 44.7 Å². The van der Waals surface area contributed by atoms with E-state index in [0.717, 1.165) is 5.69 Å². The summed E-state index contributed by atoms with van der Waals surface area (Å²) in [7, 11) is 1.39. The molecule has 2 aliphatic heterocycles. The summed E-state index contributed by atoms with van der Waals surface area (Å²) < 4.78 is 4.84. The molecule has 2 fully saturated rings. The first kappa shape index (κ1) is 23.3.